The molecule has 1 aromatic carbocycles. The zero-order chi connectivity index (χ0) is 21.1. The molecule has 0 N–H and O–H groups in total. The highest BCUT2D eigenvalue weighted by Gasteiger charge is 2.42. The van der Waals surface area contributed by atoms with Crippen molar-refractivity contribution in [1.29, 1.82) is 0 Å². The molecule has 6 nitrogen and oxygen atoms in total. The molecule has 0 aliphatic carbocycles. The number of hydrogen-bond acceptors (Lipinski definition) is 6. The first-order chi connectivity index (χ1) is 14.5. The Bertz CT molecular complexity index is 876. The van der Waals surface area contributed by atoms with Gasteiger partial charge in [-0.3, -0.25) is 4.90 Å². The van der Waals surface area contributed by atoms with Gasteiger partial charge in [0, 0.05) is 31.7 Å². The van der Waals surface area contributed by atoms with Crippen molar-refractivity contribution in [2.24, 2.45) is 0 Å². The van der Waals surface area contributed by atoms with Crippen molar-refractivity contribution in [3.63, 3.8) is 0 Å². The van der Waals surface area contributed by atoms with Crippen molar-refractivity contribution in [2.75, 3.05) is 33.4 Å². The molecule has 1 fully saturated rings. The molecule has 0 saturated carbocycles. The lowest BCUT2D eigenvalue weighted by atomic mass is 9.83. The van der Waals surface area contributed by atoms with E-state index in [0.29, 0.717) is 12.5 Å². The smallest absolute Gasteiger partial charge is 0.161 e. The quantitative estimate of drug-likeness (QED) is 0.714. The molecule has 4 rings (SSSR count). The van der Waals surface area contributed by atoms with E-state index in [2.05, 4.69) is 35.9 Å². The summed E-state index contributed by atoms with van der Waals surface area (Å²) in [6.45, 7) is 10.5. The Kier molecular flexibility index (Phi) is 6.25. The molecule has 1 aromatic heterocycles. The third kappa shape index (κ3) is 4.16. The largest absolute Gasteiger partial charge is 0.493 e. The summed E-state index contributed by atoms with van der Waals surface area (Å²) < 4.78 is 17.5. The van der Waals surface area contributed by atoms with Crippen molar-refractivity contribution < 1.29 is 14.2 Å². The van der Waals surface area contributed by atoms with Gasteiger partial charge in [0.1, 0.15) is 11.4 Å². The Morgan fingerprint density at radius 1 is 1.20 bits per heavy atom. The summed E-state index contributed by atoms with van der Waals surface area (Å²) in [7, 11) is 1.69. The van der Waals surface area contributed by atoms with Gasteiger partial charge >= 0.3 is 0 Å². The van der Waals surface area contributed by atoms with Crippen LogP contribution in [0.25, 0.3) is 0 Å². The second-order valence-corrected chi connectivity index (χ2v) is 8.54. The predicted molar refractivity (Wildman–Crippen MR) is 116 cm³/mol. The van der Waals surface area contributed by atoms with Gasteiger partial charge in [-0.15, -0.1) is 0 Å². The van der Waals surface area contributed by atoms with Crippen LogP contribution in [0.15, 0.2) is 24.4 Å². The standard InChI is InChI=1S/C24H33N3O3/c1-5-29-20-7-6-18(14-21(20)28-4)16-27-11-9-24(10-12-27)22-19(8-13-30-24)15-25-23(26-22)17(2)3/h6-7,14-15,17H,5,8-13,16H2,1-4H3. The first-order valence-electron chi connectivity index (χ1n) is 11.1. The Labute approximate surface area is 179 Å². The zero-order valence-electron chi connectivity index (χ0n) is 18.6. The van der Waals surface area contributed by atoms with E-state index in [-0.39, 0.29) is 5.60 Å². The SMILES string of the molecule is CCOc1ccc(CN2CCC3(CC2)OCCc2cnc(C(C)C)nc23)cc1OC. The first kappa shape index (κ1) is 21.1. The fourth-order valence-corrected chi connectivity index (χ4v) is 4.50. The van der Waals surface area contributed by atoms with Gasteiger partial charge in [0.05, 0.1) is 26.0 Å². The van der Waals surface area contributed by atoms with Crippen LogP contribution in [0.3, 0.4) is 0 Å². The molecule has 0 unspecified atom stereocenters. The lowest BCUT2D eigenvalue weighted by molar-refractivity contribution is -0.102. The summed E-state index contributed by atoms with van der Waals surface area (Å²) in [5.41, 5.74) is 3.37. The number of methoxy groups -OCH3 is 1. The summed E-state index contributed by atoms with van der Waals surface area (Å²) in [5.74, 6) is 2.84. The Morgan fingerprint density at radius 2 is 2.00 bits per heavy atom. The summed E-state index contributed by atoms with van der Waals surface area (Å²) in [5, 5.41) is 0. The highest BCUT2D eigenvalue weighted by atomic mass is 16.5. The van der Waals surface area contributed by atoms with Crippen LogP contribution in [-0.4, -0.2) is 48.3 Å². The molecule has 3 heterocycles. The second-order valence-electron chi connectivity index (χ2n) is 8.54. The van der Waals surface area contributed by atoms with Crippen LogP contribution >= 0.6 is 0 Å². The summed E-state index contributed by atoms with van der Waals surface area (Å²) in [6, 6.07) is 6.23. The molecule has 1 saturated heterocycles. The lowest BCUT2D eigenvalue weighted by Gasteiger charge is -2.44. The summed E-state index contributed by atoms with van der Waals surface area (Å²) >= 11 is 0. The highest BCUT2D eigenvalue weighted by molar-refractivity contribution is 5.43. The average Bonchev–Trinajstić information content (AvgIpc) is 2.76. The molecular formula is C24H33N3O3. The van der Waals surface area contributed by atoms with Crippen molar-refractivity contribution in [3.8, 4) is 11.5 Å². The molecule has 1 spiro atoms. The van der Waals surface area contributed by atoms with Gasteiger partial charge in [-0.05, 0) is 49.4 Å². The van der Waals surface area contributed by atoms with Crippen LogP contribution < -0.4 is 9.47 Å². The number of ether oxygens (including phenoxy) is 3. The molecular weight excluding hydrogens is 378 g/mol. The maximum atomic E-state index is 6.39. The van der Waals surface area contributed by atoms with E-state index in [4.69, 9.17) is 19.2 Å². The normalized spacial score (nSPS) is 18.4. The third-order valence-electron chi connectivity index (χ3n) is 6.18. The monoisotopic (exact) mass is 411 g/mol. The number of aromatic nitrogens is 2. The van der Waals surface area contributed by atoms with Gasteiger partial charge in [-0.1, -0.05) is 19.9 Å². The first-order valence-corrected chi connectivity index (χ1v) is 11.1. The number of hydrogen-bond donors (Lipinski definition) is 0. The fraction of sp³-hybridized carbons (Fsp3) is 0.583. The number of benzene rings is 1. The van der Waals surface area contributed by atoms with Gasteiger partial charge in [0.2, 0.25) is 0 Å². The molecule has 2 aliphatic rings. The van der Waals surface area contributed by atoms with Gasteiger partial charge < -0.3 is 14.2 Å². The molecule has 162 valence electrons. The van der Waals surface area contributed by atoms with Gasteiger partial charge in [-0.25, -0.2) is 9.97 Å². The van der Waals surface area contributed by atoms with Crippen molar-refractivity contribution in [3.05, 3.63) is 47.0 Å². The van der Waals surface area contributed by atoms with E-state index in [1.807, 2.05) is 19.2 Å². The average molecular weight is 412 g/mol. The molecule has 6 heteroatoms. The van der Waals surface area contributed by atoms with E-state index in [1.54, 1.807) is 7.11 Å². The van der Waals surface area contributed by atoms with E-state index < -0.39 is 0 Å². The molecule has 0 atom stereocenters. The van der Waals surface area contributed by atoms with E-state index in [1.165, 1.54) is 11.1 Å². The highest BCUT2D eigenvalue weighted by Crippen LogP contribution is 2.41. The number of piperidine rings is 1. The van der Waals surface area contributed by atoms with Crippen LogP contribution in [-0.2, 0) is 23.3 Å². The van der Waals surface area contributed by atoms with Gasteiger partial charge in [0.15, 0.2) is 11.5 Å². The Balaban J connectivity index is 1.47. The summed E-state index contributed by atoms with van der Waals surface area (Å²) in [6.07, 6.45) is 4.86. The number of likely N-dealkylation sites (tertiary alicyclic amines) is 1. The molecule has 2 aromatic rings. The maximum Gasteiger partial charge on any atom is 0.161 e. The van der Waals surface area contributed by atoms with Gasteiger partial charge in [0.25, 0.3) is 0 Å². The Morgan fingerprint density at radius 3 is 2.70 bits per heavy atom. The number of fused-ring (bicyclic) bond motifs is 2. The molecule has 0 amide bonds. The minimum Gasteiger partial charge on any atom is -0.493 e. The number of nitrogens with zero attached hydrogens (tertiary/aromatic N) is 3. The molecule has 0 radical (unpaired) electrons. The predicted octanol–water partition coefficient (Wildman–Crippen LogP) is 4.07. The van der Waals surface area contributed by atoms with Crippen LogP contribution in [0.2, 0.25) is 0 Å². The van der Waals surface area contributed by atoms with Crippen molar-refractivity contribution in [2.45, 2.75) is 58.1 Å². The van der Waals surface area contributed by atoms with E-state index >= 15 is 0 Å². The third-order valence-corrected chi connectivity index (χ3v) is 6.18. The number of rotatable bonds is 6. The zero-order valence-corrected chi connectivity index (χ0v) is 18.6. The van der Waals surface area contributed by atoms with E-state index in [9.17, 15) is 0 Å². The van der Waals surface area contributed by atoms with Crippen LogP contribution in [0.4, 0.5) is 0 Å². The Hall–Kier alpha value is -2.18. The second kappa shape index (κ2) is 8.90. The fourth-order valence-electron chi connectivity index (χ4n) is 4.50. The van der Waals surface area contributed by atoms with Gasteiger partial charge in [-0.2, -0.15) is 0 Å². The lowest BCUT2D eigenvalue weighted by Crippen LogP contribution is -2.47. The molecule has 30 heavy (non-hydrogen) atoms. The van der Waals surface area contributed by atoms with Crippen LogP contribution in [0, 0.1) is 0 Å². The van der Waals surface area contributed by atoms with Crippen molar-refractivity contribution >= 4 is 0 Å². The molecule has 0 bridgehead atoms. The molecule has 2 aliphatic heterocycles. The van der Waals surface area contributed by atoms with E-state index in [0.717, 1.165) is 68.5 Å². The minimum absolute atomic E-state index is 0.257. The van der Waals surface area contributed by atoms with Crippen molar-refractivity contribution in [1.82, 2.24) is 14.9 Å². The topological polar surface area (TPSA) is 56.7 Å². The maximum absolute atomic E-state index is 6.39. The summed E-state index contributed by atoms with van der Waals surface area (Å²) in [4.78, 5) is 12.0. The minimum atomic E-state index is -0.257. The van der Waals surface area contributed by atoms with Crippen LogP contribution in [0.5, 0.6) is 11.5 Å². The van der Waals surface area contributed by atoms with Crippen LogP contribution in [0.1, 0.15) is 62.2 Å².